The molecule has 0 saturated heterocycles. The fraction of sp³-hybridized carbons (Fsp3) is 0.833. The molecule has 0 aliphatic carbocycles. The summed E-state index contributed by atoms with van der Waals surface area (Å²) in [6, 6.07) is 0.321. The van der Waals surface area contributed by atoms with E-state index in [1.165, 1.54) is 0 Å². The van der Waals surface area contributed by atoms with Gasteiger partial charge in [0.2, 0.25) is 0 Å². The highest BCUT2D eigenvalue weighted by Gasteiger charge is 2.15. The third-order valence-electron chi connectivity index (χ3n) is 2.55. The topological polar surface area (TPSA) is 30.5 Å². The number of hydrogen-bond donors (Lipinski definition) is 1. The third-order valence-corrected chi connectivity index (χ3v) is 2.55. The number of nitrogens with one attached hydrogen (secondary N) is 1. The first-order valence-corrected chi connectivity index (χ1v) is 5.96. The van der Waals surface area contributed by atoms with Gasteiger partial charge in [0, 0.05) is 13.2 Å². The van der Waals surface area contributed by atoms with Crippen LogP contribution in [0, 0.1) is 0 Å². The van der Waals surface area contributed by atoms with Gasteiger partial charge in [0.05, 0.1) is 12.6 Å². The molecular formula is C12H23NO2. The molecule has 0 saturated carbocycles. The van der Waals surface area contributed by atoms with Crippen LogP contribution in [0.25, 0.3) is 0 Å². The average Bonchev–Trinajstić information content (AvgIpc) is 2.30. The van der Waals surface area contributed by atoms with Crippen molar-refractivity contribution in [1.29, 1.82) is 0 Å². The molecule has 3 nitrogen and oxygen atoms in total. The lowest BCUT2D eigenvalue weighted by molar-refractivity contribution is 0.113. The molecule has 1 aliphatic heterocycles. The normalized spacial score (nSPS) is 18.1. The van der Waals surface area contributed by atoms with Crippen LogP contribution in [0.15, 0.2) is 11.8 Å². The lowest BCUT2D eigenvalue weighted by Crippen LogP contribution is -2.31. The SMILES string of the molecule is CCCOCCC(NC)C1=CCCCO1. The van der Waals surface area contributed by atoms with Crippen molar-refractivity contribution in [3.8, 4) is 0 Å². The maximum Gasteiger partial charge on any atom is 0.109 e. The number of rotatable bonds is 7. The van der Waals surface area contributed by atoms with Crippen molar-refractivity contribution in [2.75, 3.05) is 26.9 Å². The smallest absolute Gasteiger partial charge is 0.109 e. The van der Waals surface area contributed by atoms with E-state index in [1.807, 2.05) is 7.05 Å². The molecule has 1 unspecified atom stereocenters. The Bertz CT molecular complexity index is 192. The van der Waals surface area contributed by atoms with E-state index in [9.17, 15) is 0 Å². The van der Waals surface area contributed by atoms with Crippen molar-refractivity contribution in [3.05, 3.63) is 11.8 Å². The second-order valence-corrected chi connectivity index (χ2v) is 3.84. The minimum atomic E-state index is 0.321. The summed E-state index contributed by atoms with van der Waals surface area (Å²) in [4.78, 5) is 0. The van der Waals surface area contributed by atoms with Gasteiger partial charge in [-0.05, 0) is 38.8 Å². The van der Waals surface area contributed by atoms with Gasteiger partial charge in [-0.3, -0.25) is 0 Å². The molecule has 1 heterocycles. The summed E-state index contributed by atoms with van der Waals surface area (Å²) in [6.07, 6.45) is 6.56. The lowest BCUT2D eigenvalue weighted by Gasteiger charge is -2.23. The molecule has 1 rings (SSSR count). The molecule has 0 aromatic rings. The number of allylic oxidation sites excluding steroid dienone is 1. The summed E-state index contributed by atoms with van der Waals surface area (Å²) >= 11 is 0. The van der Waals surface area contributed by atoms with Crippen LogP contribution >= 0.6 is 0 Å². The number of ether oxygens (including phenoxy) is 2. The highest BCUT2D eigenvalue weighted by molar-refractivity contribution is 5.05. The Kier molecular flexibility index (Phi) is 6.44. The largest absolute Gasteiger partial charge is 0.497 e. The van der Waals surface area contributed by atoms with Gasteiger partial charge in [0.15, 0.2) is 0 Å². The second-order valence-electron chi connectivity index (χ2n) is 3.84. The Morgan fingerprint density at radius 3 is 3.00 bits per heavy atom. The minimum Gasteiger partial charge on any atom is -0.497 e. The highest BCUT2D eigenvalue weighted by atomic mass is 16.5. The van der Waals surface area contributed by atoms with Crippen molar-refractivity contribution in [3.63, 3.8) is 0 Å². The average molecular weight is 213 g/mol. The van der Waals surface area contributed by atoms with Crippen molar-refractivity contribution in [2.24, 2.45) is 0 Å². The molecule has 1 atom stereocenters. The predicted octanol–water partition coefficient (Wildman–Crippen LogP) is 2.09. The zero-order valence-electron chi connectivity index (χ0n) is 9.92. The van der Waals surface area contributed by atoms with Gasteiger partial charge in [-0.25, -0.2) is 0 Å². The minimum absolute atomic E-state index is 0.321. The molecule has 0 bridgehead atoms. The van der Waals surface area contributed by atoms with Crippen molar-refractivity contribution in [2.45, 2.75) is 38.6 Å². The molecule has 88 valence electrons. The maximum atomic E-state index is 5.63. The number of likely N-dealkylation sites (N-methyl/N-ethyl adjacent to an activating group) is 1. The van der Waals surface area contributed by atoms with E-state index in [0.717, 1.165) is 51.3 Å². The van der Waals surface area contributed by atoms with Crippen LogP contribution in [0.3, 0.4) is 0 Å². The zero-order valence-corrected chi connectivity index (χ0v) is 9.92. The lowest BCUT2D eigenvalue weighted by atomic mass is 10.1. The van der Waals surface area contributed by atoms with E-state index in [1.54, 1.807) is 0 Å². The first-order valence-electron chi connectivity index (χ1n) is 5.96. The number of hydrogen-bond acceptors (Lipinski definition) is 3. The summed E-state index contributed by atoms with van der Waals surface area (Å²) in [5.74, 6) is 1.10. The van der Waals surface area contributed by atoms with Gasteiger partial charge in [0.1, 0.15) is 5.76 Å². The van der Waals surface area contributed by atoms with Crippen LogP contribution in [0.5, 0.6) is 0 Å². The fourth-order valence-electron chi connectivity index (χ4n) is 1.70. The molecule has 0 aromatic heterocycles. The molecule has 0 aromatic carbocycles. The van der Waals surface area contributed by atoms with E-state index in [4.69, 9.17) is 9.47 Å². The van der Waals surface area contributed by atoms with E-state index < -0.39 is 0 Å². The van der Waals surface area contributed by atoms with Crippen LogP contribution in [-0.2, 0) is 9.47 Å². The summed E-state index contributed by atoms with van der Waals surface area (Å²) in [7, 11) is 1.98. The molecule has 0 fully saturated rings. The van der Waals surface area contributed by atoms with Gasteiger partial charge in [0.25, 0.3) is 0 Å². The first kappa shape index (κ1) is 12.5. The summed E-state index contributed by atoms with van der Waals surface area (Å²) in [5, 5.41) is 3.28. The van der Waals surface area contributed by atoms with Crippen LogP contribution < -0.4 is 5.32 Å². The van der Waals surface area contributed by atoms with Crippen molar-refractivity contribution in [1.82, 2.24) is 5.32 Å². The standard InChI is InChI=1S/C12H23NO2/c1-3-8-14-10-7-11(13-2)12-6-4-5-9-15-12/h6,11,13H,3-5,7-10H2,1-2H3. The Hall–Kier alpha value is -0.540. The molecule has 0 radical (unpaired) electrons. The molecular weight excluding hydrogens is 190 g/mol. The Morgan fingerprint density at radius 2 is 2.40 bits per heavy atom. The third kappa shape index (κ3) is 4.67. The van der Waals surface area contributed by atoms with E-state index >= 15 is 0 Å². The van der Waals surface area contributed by atoms with Gasteiger partial charge >= 0.3 is 0 Å². The molecule has 1 aliphatic rings. The summed E-state index contributed by atoms with van der Waals surface area (Å²) in [6.45, 7) is 4.65. The van der Waals surface area contributed by atoms with Crippen molar-refractivity contribution < 1.29 is 9.47 Å². The zero-order chi connectivity index (χ0) is 10.9. The molecule has 0 amide bonds. The maximum absolute atomic E-state index is 5.63. The molecule has 3 heteroatoms. The summed E-state index contributed by atoms with van der Waals surface area (Å²) in [5.41, 5.74) is 0. The molecule has 0 spiro atoms. The molecule has 1 N–H and O–H groups in total. The van der Waals surface area contributed by atoms with Crippen LogP contribution in [0.2, 0.25) is 0 Å². The highest BCUT2D eigenvalue weighted by Crippen LogP contribution is 2.15. The predicted molar refractivity (Wildman–Crippen MR) is 61.8 cm³/mol. The quantitative estimate of drug-likeness (QED) is 0.657. The van der Waals surface area contributed by atoms with Gasteiger partial charge in [-0.2, -0.15) is 0 Å². The first-order chi connectivity index (χ1) is 7.38. The Labute approximate surface area is 92.8 Å². The van der Waals surface area contributed by atoms with E-state index in [0.29, 0.717) is 6.04 Å². The Morgan fingerprint density at radius 1 is 1.53 bits per heavy atom. The second kappa shape index (κ2) is 7.71. The van der Waals surface area contributed by atoms with Crippen LogP contribution in [0.1, 0.15) is 32.6 Å². The van der Waals surface area contributed by atoms with Gasteiger partial charge in [-0.15, -0.1) is 0 Å². The Balaban J connectivity index is 2.25. The van der Waals surface area contributed by atoms with Gasteiger partial charge in [-0.1, -0.05) is 6.92 Å². The van der Waals surface area contributed by atoms with Crippen molar-refractivity contribution >= 4 is 0 Å². The van der Waals surface area contributed by atoms with E-state index in [2.05, 4.69) is 18.3 Å². The summed E-state index contributed by atoms with van der Waals surface area (Å²) < 4.78 is 11.1. The van der Waals surface area contributed by atoms with Crippen LogP contribution in [-0.4, -0.2) is 32.9 Å². The fourth-order valence-corrected chi connectivity index (χ4v) is 1.70. The van der Waals surface area contributed by atoms with Gasteiger partial charge < -0.3 is 14.8 Å². The van der Waals surface area contributed by atoms with Crippen LogP contribution in [0.4, 0.5) is 0 Å². The van der Waals surface area contributed by atoms with E-state index in [-0.39, 0.29) is 0 Å². The monoisotopic (exact) mass is 213 g/mol. The molecule has 15 heavy (non-hydrogen) atoms.